The zero-order chi connectivity index (χ0) is 18.3. The number of nitrogens with one attached hydrogen (secondary N) is 2. The summed E-state index contributed by atoms with van der Waals surface area (Å²) in [6.07, 6.45) is 7.50. The van der Waals surface area contributed by atoms with Gasteiger partial charge in [0.25, 0.3) is 0 Å². The highest BCUT2D eigenvalue weighted by Crippen LogP contribution is 2.55. The fraction of sp³-hybridized carbons (Fsp3) is 0.947. The lowest BCUT2D eigenvalue weighted by Crippen LogP contribution is -2.52. The number of hydrogen-bond acceptors (Lipinski definition) is 7. The quantitative estimate of drug-likeness (QED) is 0.547. The highest BCUT2D eigenvalue weighted by molar-refractivity contribution is 8.00. The van der Waals surface area contributed by atoms with E-state index in [-0.39, 0.29) is 0 Å². The van der Waals surface area contributed by atoms with Crippen LogP contribution in [0.2, 0.25) is 0 Å². The maximum atomic E-state index is 9.73. The van der Waals surface area contributed by atoms with Gasteiger partial charge in [-0.05, 0) is 70.9 Å². The highest BCUT2D eigenvalue weighted by atomic mass is 32.2. The molecule has 2 heterocycles. The lowest BCUT2D eigenvalue weighted by atomic mass is 9.80. The van der Waals surface area contributed by atoms with Crippen LogP contribution in [0, 0.1) is 17.8 Å². The van der Waals surface area contributed by atoms with Crippen LogP contribution in [0.1, 0.15) is 44.9 Å². The summed E-state index contributed by atoms with van der Waals surface area (Å²) in [6, 6.07) is 1.29. The summed E-state index contributed by atoms with van der Waals surface area (Å²) in [7, 11) is 4.39. The number of hydrogen-bond donors (Lipinski definition) is 4. The molecule has 5 unspecified atom stereocenters. The van der Waals surface area contributed by atoms with Crippen molar-refractivity contribution in [2.24, 2.45) is 28.5 Å². The Bertz CT molecular complexity index is 520. The number of rotatable bonds is 4. The van der Waals surface area contributed by atoms with Crippen LogP contribution in [0.3, 0.4) is 0 Å². The standard InChI is InChI=1S/C19H35N5OS/c1-24(2)13-6-4-12(5-7-13)23-18-17-16-11(9-15(20)25)3-8-14(16)26-19(17)22-10-21-18/h11-17,19,22,25H,3-10,20H2,1-2H3,(H,21,23)/t11?,12?,13?,14?,15?,16-,17?,19?/m1/s1. The monoisotopic (exact) mass is 381 g/mol. The second-order valence-electron chi connectivity index (χ2n) is 8.86. The maximum Gasteiger partial charge on any atom is 0.104 e. The molecule has 2 aliphatic heterocycles. The molecule has 7 heteroatoms. The normalized spacial score (nSPS) is 43.7. The Balaban J connectivity index is 1.42. The first kappa shape index (κ1) is 19.0. The van der Waals surface area contributed by atoms with E-state index < -0.39 is 6.23 Å². The minimum Gasteiger partial charge on any atom is -0.379 e. The topological polar surface area (TPSA) is 85.9 Å². The fourth-order valence-corrected chi connectivity index (χ4v) is 7.60. The minimum atomic E-state index is -0.686. The number of thioether (sulfide) groups is 1. The van der Waals surface area contributed by atoms with Gasteiger partial charge in [0.1, 0.15) is 12.1 Å². The van der Waals surface area contributed by atoms with Crippen LogP contribution >= 0.6 is 11.8 Å². The van der Waals surface area contributed by atoms with Gasteiger partial charge in [-0.3, -0.25) is 10.3 Å². The van der Waals surface area contributed by atoms with Gasteiger partial charge in [0.15, 0.2) is 0 Å². The lowest BCUT2D eigenvalue weighted by molar-refractivity contribution is 0.131. The van der Waals surface area contributed by atoms with E-state index in [1.807, 2.05) is 0 Å². The third-order valence-corrected chi connectivity index (χ3v) is 8.69. The molecule has 0 aromatic heterocycles. The molecule has 0 bridgehead atoms. The molecule has 4 rings (SSSR count). The van der Waals surface area contributed by atoms with Gasteiger partial charge in [-0.2, -0.15) is 0 Å². The van der Waals surface area contributed by atoms with Gasteiger partial charge in [0.2, 0.25) is 0 Å². The van der Waals surface area contributed by atoms with Gasteiger partial charge in [-0.15, -0.1) is 11.8 Å². The Morgan fingerprint density at radius 1 is 1.27 bits per heavy atom. The van der Waals surface area contributed by atoms with Gasteiger partial charge < -0.3 is 21.1 Å². The summed E-state index contributed by atoms with van der Waals surface area (Å²) in [5.41, 5.74) is 5.73. The van der Waals surface area contributed by atoms with Crippen LogP contribution in [0.4, 0.5) is 0 Å². The smallest absolute Gasteiger partial charge is 0.104 e. The molecule has 2 aliphatic carbocycles. The molecular weight excluding hydrogens is 346 g/mol. The van der Waals surface area contributed by atoms with Crippen molar-refractivity contribution >= 4 is 17.6 Å². The van der Waals surface area contributed by atoms with Crippen LogP contribution in [0.5, 0.6) is 0 Å². The van der Waals surface area contributed by atoms with Crippen molar-refractivity contribution in [3.63, 3.8) is 0 Å². The van der Waals surface area contributed by atoms with E-state index >= 15 is 0 Å². The molecule has 2 saturated carbocycles. The SMILES string of the molecule is CN(C)C1CCC(NC2=NCNC3SC4CCC(CC(N)O)[C@H]4C23)CC1. The number of aliphatic imine (C=N–C) groups is 1. The van der Waals surface area contributed by atoms with E-state index in [0.717, 1.165) is 19.1 Å². The van der Waals surface area contributed by atoms with Gasteiger partial charge in [0.05, 0.1) is 12.0 Å². The average molecular weight is 382 g/mol. The summed E-state index contributed by atoms with van der Waals surface area (Å²) in [5, 5.41) is 18.4. The number of nitrogens with zero attached hydrogens (tertiary/aromatic N) is 2. The fourth-order valence-electron chi connectivity index (χ4n) is 5.72. The maximum absolute atomic E-state index is 9.73. The van der Waals surface area contributed by atoms with Crippen LogP contribution in [0.15, 0.2) is 4.99 Å². The second kappa shape index (κ2) is 7.95. The molecule has 6 atom stereocenters. The van der Waals surface area contributed by atoms with E-state index in [0.29, 0.717) is 34.4 Å². The van der Waals surface area contributed by atoms with Gasteiger partial charge in [-0.25, -0.2) is 0 Å². The molecule has 5 N–H and O–H groups in total. The van der Waals surface area contributed by atoms with Crippen molar-refractivity contribution < 1.29 is 5.11 Å². The second-order valence-corrected chi connectivity index (χ2v) is 10.2. The number of nitrogens with two attached hydrogens (primary N) is 1. The van der Waals surface area contributed by atoms with Crippen molar-refractivity contribution in [2.45, 2.75) is 73.9 Å². The first-order chi connectivity index (χ1) is 12.5. The van der Waals surface area contributed by atoms with Crippen molar-refractivity contribution in [3.05, 3.63) is 0 Å². The number of amidine groups is 1. The zero-order valence-corrected chi connectivity index (χ0v) is 16.9. The summed E-state index contributed by atoms with van der Waals surface area (Å²) in [6.45, 7) is 0.729. The highest BCUT2D eigenvalue weighted by Gasteiger charge is 2.53. The molecule has 0 aromatic rings. The molecule has 3 fully saturated rings. The molecule has 0 aromatic carbocycles. The van der Waals surface area contributed by atoms with E-state index in [4.69, 9.17) is 10.7 Å². The first-order valence-electron chi connectivity index (χ1n) is 10.3. The zero-order valence-electron chi connectivity index (χ0n) is 16.1. The summed E-state index contributed by atoms with van der Waals surface area (Å²) in [5.74, 6) is 2.82. The van der Waals surface area contributed by atoms with Crippen LogP contribution in [0.25, 0.3) is 0 Å². The Morgan fingerprint density at radius 2 is 2.04 bits per heavy atom. The summed E-state index contributed by atoms with van der Waals surface area (Å²) >= 11 is 2.11. The van der Waals surface area contributed by atoms with Crippen molar-refractivity contribution in [1.82, 2.24) is 15.5 Å². The predicted molar refractivity (Wildman–Crippen MR) is 108 cm³/mol. The largest absolute Gasteiger partial charge is 0.379 e. The van der Waals surface area contributed by atoms with E-state index in [1.54, 1.807) is 0 Å². The molecule has 0 amide bonds. The van der Waals surface area contributed by atoms with E-state index in [9.17, 15) is 5.11 Å². The number of aliphatic hydroxyl groups is 1. The predicted octanol–water partition coefficient (Wildman–Crippen LogP) is 1.16. The minimum absolute atomic E-state index is 0.455. The van der Waals surface area contributed by atoms with Crippen LogP contribution in [-0.4, -0.2) is 65.5 Å². The van der Waals surface area contributed by atoms with E-state index in [2.05, 4.69) is 41.4 Å². The Kier molecular flexibility index (Phi) is 5.81. The molecule has 0 spiro atoms. The molecule has 148 valence electrons. The van der Waals surface area contributed by atoms with Gasteiger partial charge in [-0.1, -0.05) is 0 Å². The van der Waals surface area contributed by atoms with Crippen molar-refractivity contribution in [1.29, 1.82) is 0 Å². The van der Waals surface area contributed by atoms with Crippen molar-refractivity contribution in [3.8, 4) is 0 Å². The van der Waals surface area contributed by atoms with Crippen LogP contribution in [-0.2, 0) is 0 Å². The Labute approximate surface area is 161 Å². The van der Waals surface area contributed by atoms with Crippen molar-refractivity contribution in [2.75, 3.05) is 20.8 Å². The Hall–Kier alpha value is -0.340. The lowest BCUT2D eigenvalue weighted by Gasteiger charge is -2.38. The number of aliphatic hydroxyl groups excluding tert-OH is 1. The van der Waals surface area contributed by atoms with Gasteiger partial charge in [0, 0.05) is 23.3 Å². The average Bonchev–Trinajstić information content (AvgIpc) is 3.15. The first-order valence-corrected chi connectivity index (χ1v) is 11.3. The molecular formula is C19H35N5OS. The summed E-state index contributed by atoms with van der Waals surface area (Å²) < 4.78 is 0. The van der Waals surface area contributed by atoms with E-state index in [1.165, 1.54) is 44.4 Å². The third-order valence-electron chi connectivity index (χ3n) is 7.04. The van der Waals surface area contributed by atoms with Crippen LogP contribution < -0.4 is 16.4 Å². The molecule has 4 aliphatic rings. The Morgan fingerprint density at radius 3 is 2.73 bits per heavy atom. The number of fused-ring (bicyclic) bond motifs is 3. The summed E-state index contributed by atoms with van der Waals surface area (Å²) in [4.78, 5) is 7.24. The molecule has 1 saturated heterocycles. The third kappa shape index (κ3) is 3.78. The molecule has 26 heavy (non-hydrogen) atoms. The molecule has 0 radical (unpaired) electrons. The molecule has 6 nitrogen and oxygen atoms in total. The van der Waals surface area contributed by atoms with Gasteiger partial charge >= 0.3 is 0 Å².